The van der Waals surface area contributed by atoms with Crippen LogP contribution in [-0.4, -0.2) is 21.0 Å². The Labute approximate surface area is 166 Å². The van der Waals surface area contributed by atoms with Crippen LogP contribution in [0.15, 0.2) is 83.3 Å². The molecular formula is C22H25NO4S. The van der Waals surface area contributed by atoms with Gasteiger partial charge in [-0.05, 0) is 44.0 Å². The minimum atomic E-state index is -3.77. The van der Waals surface area contributed by atoms with Gasteiger partial charge in [-0.1, -0.05) is 60.2 Å². The predicted molar refractivity (Wildman–Crippen MR) is 110 cm³/mol. The third-order valence-corrected chi connectivity index (χ3v) is 5.54. The molecule has 0 radical (unpaired) electrons. The van der Waals surface area contributed by atoms with Crippen molar-refractivity contribution in [2.45, 2.75) is 31.7 Å². The lowest BCUT2D eigenvalue weighted by Crippen LogP contribution is -2.29. The van der Waals surface area contributed by atoms with Crippen LogP contribution in [-0.2, 0) is 19.6 Å². The van der Waals surface area contributed by atoms with Crippen molar-refractivity contribution in [3.63, 3.8) is 0 Å². The summed E-state index contributed by atoms with van der Waals surface area (Å²) in [6.07, 6.45) is 4.65. The number of rotatable bonds is 8. The molecule has 6 heteroatoms. The first kappa shape index (κ1) is 21.6. The Balaban J connectivity index is 2.39. The number of sulfonamides is 1. The molecule has 0 aliphatic rings. The van der Waals surface area contributed by atoms with E-state index in [1.807, 2.05) is 37.3 Å². The number of carbonyl (C=O) groups is 1. The van der Waals surface area contributed by atoms with Gasteiger partial charge in [-0.25, -0.2) is 13.2 Å². The van der Waals surface area contributed by atoms with Crippen molar-refractivity contribution in [2.75, 3.05) is 6.61 Å². The Bertz CT molecular complexity index is 946. The van der Waals surface area contributed by atoms with Gasteiger partial charge in [0, 0.05) is 6.08 Å². The number of hydrogen-bond donors (Lipinski definition) is 1. The molecule has 2 rings (SSSR count). The lowest BCUT2D eigenvalue weighted by atomic mass is 9.99. The summed E-state index contributed by atoms with van der Waals surface area (Å²) in [5.41, 5.74) is 2.37. The molecule has 148 valence electrons. The van der Waals surface area contributed by atoms with Gasteiger partial charge in [0.25, 0.3) is 0 Å². The molecule has 0 aliphatic heterocycles. The molecule has 0 fully saturated rings. The van der Waals surface area contributed by atoms with Crippen molar-refractivity contribution in [1.29, 1.82) is 0 Å². The number of ether oxygens (including phenoxy) is 1. The van der Waals surface area contributed by atoms with Crippen molar-refractivity contribution in [2.24, 2.45) is 0 Å². The average Bonchev–Trinajstić information content (AvgIpc) is 2.68. The van der Waals surface area contributed by atoms with Gasteiger partial charge >= 0.3 is 5.97 Å². The Morgan fingerprint density at radius 1 is 1.07 bits per heavy atom. The Hall–Kier alpha value is -2.70. The normalized spacial score (nSPS) is 13.5. The highest BCUT2D eigenvalue weighted by molar-refractivity contribution is 7.89. The monoisotopic (exact) mass is 399 g/mol. The summed E-state index contributed by atoms with van der Waals surface area (Å²) in [6, 6.07) is 15.2. The molecule has 0 aliphatic carbocycles. The van der Waals surface area contributed by atoms with E-state index in [0.717, 1.165) is 11.1 Å². The Kier molecular flexibility index (Phi) is 7.72. The molecule has 1 N–H and O–H groups in total. The Morgan fingerprint density at radius 3 is 2.29 bits per heavy atom. The fraction of sp³-hybridized carbons (Fsp3) is 0.227. The van der Waals surface area contributed by atoms with Gasteiger partial charge in [0.05, 0.1) is 17.5 Å². The number of esters is 1. The SMILES string of the molecule is C/C=C(/C=C/C(=O)OCC)C(NS(=O)(=O)c1ccc(C)cc1)c1ccccc1. The molecule has 0 heterocycles. The van der Waals surface area contributed by atoms with Crippen LogP contribution in [0.2, 0.25) is 0 Å². The summed E-state index contributed by atoms with van der Waals surface area (Å²) in [5, 5.41) is 0. The highest BCUT2D eigenvalue weighted by Gasteiger charge is 2.23. The van der Waals surface area contributed by atoms with Crippen molar-refractivity contribution >= 4 is 16.0 Å². The van der Waals surface area contributed by atoms with Crippen LogP contribution < -0.4 is 4.72 Å². The minimum Gasteiger partial charge on any atom is -0.463 e. The molecule has 0 amide bonds. The summed E-state index contributed by atoms with van der Waals surface area (Å²) < 4.78 is 33.5. The molecule has 1 atom stereocenters. The zero-order chi connectivity index (χ0) is 20.6. The van der Waals surface area contributed by atoms with Crippen molar-refractivity contribution in [3.8, 4) is 0 Å². The van der Waals surface area contributed by atoms with Gasteiger partial charge in [0.1, 0.15) is 0 Å². The third kappa shape index (κ3) is 5.90. The topological polar surface area (TPSA) is 72.5 Å². The molecule has 2 aromatic rings. The summed E-state index contributed by atoms with van der Waals surface area (Å²) in [7, 11) is -3.77. The summed E-state index contributed by atoms with van der Waals surface area (Å²) >= 11 is 0. The number of benzene rings is 2. The second-order valence-electron chi connectivity index (χ2n) is 6.15. The van der Waals surface area contributed by atoms with Gasteiger partial charge in [0.2, 0.25) is 10.0 Å². The van der Waals surface area contributed by atoms with Gasteiger partial charge in [-0.15, -0.1) is 0 Å². The summed E-state index contributed by atoms with van der Waals surface area (Å²) in [6.45, 7) is 5.69. The summed E-state index contributed by atoms with van der Waals surface area (Å²) in [5.74, 6) is -0.477. The number of nitrogens with one attached hydrogen (secondary N) is 1. The number of hydrogen-bond acceptors (Lipinski definition) is 4. The smallest absolute Gasteiger partial charge is 0.330 e. The maximum atomic E-state index is 12.9. The summed E-state index contributed by atoms with van der Waals surface area (Å²) in [4.78, 5) is 11.9. The molecule has 28 heavy (non-hydrogen) atoms. The van der Waals surface area contributed by atoms with Crippen molar-refractivity contribution in [3.05, 3.63) is 89.5 Å². The van der Waals surface area contributed by atoms with E-state index in [-0.39, 0.29) is 11.5 Å². The van der Waals surface area contributed by atoms with E-state index in [1.165, 1.54) is 6.08 Å². The average molecular weight is 400 g/mol. The van der Waals surface area contributed by atoms with E-state index < -0.39 is 22.0 Å². The molecule has 0 bridgehead atoms. The third-order valence-electron chi connectivity index (χ3n) is 4.10. The molecule has 2 aromatic carbocycles. The fourth-order valence-corrected chi connectivity index (χ4v) is 3.84. The second-order valence-corrected chi connectivity index (χ2v) is 7.87. The lowest BCUT2D eigenvalue weighted by Gasteiger charge is -2.21. The first-order valence-corrected chi connectivity index (χ1v) is 10.5. The molecule has 0 saturated carbocycles. The fourth-order valence-electron chi connectivity index (χ4n) is 2.63. The van der Waals surface area contributed by atoms with E-state index in [2.05, 4.69) is 4.72 Å². The zero-order valence-corrected chi connectivity index (χ0v) is 17.1. The largest absolute Gasteiger partial charge is 0.463 e. The van der Waals surface area contributed by atoms with E-state index in [1.54, 1.807) is 50.3 Å². The molecule has 0 spiro atoms. The standard InChI is InChI=1S/C22H25NO4S/c1-4-18(13-16-21(24)27-5-2)22(19-9-7-6-8-10-19)23-28(25,26)20-14-11-17(3)12-15-20/h4,6-16,22-23H,5H2,1-3H3/b16-13+,18-4-. The van der Waals surface area contributed by atoms with Gasteiger partial charge in [0.15, 0.2) is 0 Å². The van der Waals surface area contributed by atoms with Gasteiger partial charge < -0.3 is 4.74 Å². The van der Waals surface area contributed by atoms with Crippen molar-refractivity contribution in [1.82, 2.24) is 4.72 Å². The van der Waals surface area contributed by atoms with E-state index >= 15 is 0 Å². The maximum Gasteiger partial charge on any atom is 0.330 e. The van der Waals surface area contributed by atoms with Crippen LogP contribution in [0.4, 0.5) is 0 Å². The highest BCUT2D eigenvalue weighted by atomic mass is 32.2. The molecule has 0 saturated heterocycles. The van der Waals surface area contributed by atoms with E-state index in [9.17, 15) is 13.2 Å². The molecule has 0 aromatic heterocycles. The van der Waals surface area contributed by atoms with Gasteiger partial charge in [-0.3, -0.25) is 0 Å². The van der Waals surface area contributed by atoms with Crippen LogP contribution in [0.25, 0.3) is 0 Å². The van der Waals surface area contributed by atoms with Gasteiger partial charge in [-0.2, -0.15) is 4.72 Å². The maximum absolute atomic E-state index is 12.9. The lowest BCUT2D eigenvalue weighted by molar-refractivity contribution is -0.137. The molecule has 1 unspecified atom stereocenters. The number of aryl methyl sites for hydroxylation is 1. The Morgan fingerprint density at radius 2 is 1.71 bits per heavy atom. The second kappa shape index (κ2) is 10.0. The number of carbonyl (C=O) groups excluding carboxylic acids is 1. The number of allylic oxidation sites excluding steroid dienone is 1. The first-order chi connectivity index (χ1) is 13.4. The van der Waals surface area contributed by atoms with E-state index in [0.29, 0.717) is 5.57 Å². The molecular weight excluding hydrogens is 374 g/mol. The predicted octanol–water partition coefficient (Wildman–Crippen LogP) is 4.08. The van der Waals surface area contributed by atoms with Crippen LogP contribution in [0.1, 0.15) is 31.0 Å². The van der Waals surface area contributed by atoms with Crippen molar-refractivity contribution < 1.29 is 17.9 Å². The van der Waals surface area contributed by atoms with Crippen LogP contribution >= 0.6 is 0 Å². The van der Waals surface area contributed by atoms with Crippen LogP contribution in [0, 0.1) is 6.92 Å². The van der Waals surface area contributed by atoms with Crippen LogP contribution in [0.3, 0.4) is 0 Å². The van der Waals surface area contributed by atoms with Crippen LogP contribution in [0.5, 0.6) is 0 Å². The quantitative estimate of drug-likeness (QED) is 0.412. The van der Waals surface area contributed by atoms with E-state index in [4.69, 9.17) is 4.74 Å². The first-order valence-electron chi connectivity index (χ1n) is 9.02. The zero-order valence-electron chi connectivity index (χ0n) is 16.3. The highest BCUT2D eigenvalue weighted by Crippen LogP contribution is 2.25. The molecule has 5 nitrogen and oxygen atoms in total. The minimum absolute atomic E-state index is 0.184.